The summed E-state index contributed by atoms with van der Waals surface area (Å²) in [4.78, 5) is 29.8. The summed E-state index contributed by atoms with van der Waals surface area (Å²) in [5, 5.41) is 15.9. The van der Waals surface area contributed by atoms with Crippen molar-refractivity contribution in [3.05, 3.63) is 90.0 Å². The molecule has 0 aliphatic rings. The van der Waals surface area contributed by atoms with E-state index >= 15 is 0 Å². The van der Waals surface area contributed by atoms with Crippen LogP contribution in [0, 0.1) is 0 Å². The van der Waals surface area contributed by atoms with Crippen molar-refractivity contribution in [1.29, 1.82) is 0 Å². The van der Waals surface area contributed by atoms with Gasteiger partial charge in [-0.2, -0.15) is 0 Å². The zero-order valence-electron chi connectivity index (χ0n) is 22.2. The van der Waals surface area contributed by atoms with Gasteiger partial charge in [-0.1, -0.05) is 79.2 Å². The molecule has 0 saturated carbocycles. The van der Waals surface area contributed by atoms with Gasteiger partial charge in [-0.05, 0) is 36.6 Å². The van der Waals surface area contributed by atoms with E-state index in [0.717, 1.165) is 36.0 Å². The number of carbonyl (C=O) groups is 3. The van der Waals surface area contributed by atoms with Gasteiger partial charge in [0.25, 0.3) is 0 Å². The third-order valence-corrected chi connectivity index (χ3v) is 5.03. The minimum Gasteiger partial charge on any atom is -0.496 e. The van der Waals surface area contributed by atoms with E-state index in [2.05, 4.69) is 17.9 Å². The van der Waals surface area contributed by atoms with Crippen molar-refractivity contribution >= 4 is 18.2 Å². The van der Waals surface area contributed by atoms with Gasteiger partial charge in [0, 0.05) is 17.7 Å². The SMILES string of the molecule is COc1ccccc1CN.NCC(=O)O.NCCCC[C@H](N)C(=O)O.O=Cc1ccc(-c2ccccc2)cc1. The number of benzene rings is 3. The number of carbonyl (C=O) groups excluding carboxylic acids is 1. The zero-order chi connectivity index (χ0) is 29.5. The molecule has 0 heterocycles. The van der Waals surface area contributed by atoms with E-state index in [9.17, 15) is 14.4 Å². The standard InChI is InChI=1S/C13H10O.C8H11NO.C6H14N2O2.C2H5NO2/c14-10-11-6-8-13(9-7-11)12-4-2-1-3-5-12;1-10-8-5-3-2-4-7(8)6-9;7-4-2-1-3-5(8)6(9)10;3-1-2(4)5/h1-10H;2-5H,6,9H2,1H3;5H,1-4,7-8H2,(H,9,10);1,3H2,(H,4,5)/t;;5-;/m..0./s1. The third kappa shape index (κ3) is 16.4. The van der Waals surface area contributed by atoms with Crippen LogP contribution in [0.4, 0.5) is 0 Å². The maximum Gasteiger partial charge on any atom is 0.320 e. The van der Waals surface area contributed by atoms with Crippen molar-refractivity contribution in [1.82, 2.24) is 0 Å². The van der Waals surface area contributed by atoms with Gasteiger partial charge < -0.3 is 37.9 Å². The van der Waals surface area contributed by atoms with Crippen LogP contribution in [0.1, 0.15) is 35.2 Å². The van der Waals surface area contributed by atoms with Gasteiger partial charge in [0.2, 0.25) is 0 Å². The fourth-order valence-corrected chi connectivity index (χ4v) is 2.89. The van der Waals surface area contributed by atoms with Crippen molar-refractivity contribution in [3.8, 4) is 16.9 Å². The zero-order valence-corrected chi connectivity index (χ0v) is 22.2. The molecular formula is C29H40N4O6. The van der Waals surface area contributed by atoms with Crippen molar-refractivity contribution < 1.29 is 29.3 Å². The molecule has 1 atom stereocenters. The summed E-state index contributed by atoms with van der Waals surface area (Å²) in [6.45, 7) is 0.857. The van der Waals surface area contributed by atoms with E-state index in [1.165, 1.54) is 5.56 Å². The van der Waals surface area contributed by atoms with E-state index in [-0.39, 0.29) is 6.54 Å². The fraction of sp³-hybridized carbons (Fsp3) is 0.276. The first-order valence-electron chi connectivity index (χ1n) is 12.3. The molecule has 10 nitrogen and oxygen atoms in total. The number of rotatable bonds is 10. The Balaban J connectivity index is 0.000000522. The summed E-state index contributed by atoms with van der Waals surface area (Å²) in [5.74, 6) is -1.04. The van der Waals surface area contributed by atoms with Crippen LogP contribution in [-0.4, -0.2) is 54.7 Å². The van der Waals surface area contributed by atoms with Gasteiger partial charge in [-0.25, -0.2) is 0 Å². The Morgan fingerprint density at radius 2 is 1.38 bits per heavy atom. The molecule has 0 radical (unpaired) electrons. The Hall–Kier alpha value is -4.09. The number of hydrogen-bond donors (Lipinski definition) is 6. The van der Waals surface area contributed by atoms with Crippen LogP contribution in [0.25, 0.3) is 11.1 Å². The minimum atomic E-state index is -0.968. The number of aliphatic carboxylic acids is 2. The Morgan fingerprint density at radius 1 is 0.846 bits per heavy atom. The molecule has 0 aromatic heterocycles. The number of carboxylic acid groups (broad SMARTS) is 2. The third-order valence-electron chi connectivity index (χ3n) is 5.03. The van der Waals surface area contributed by atoms with Gasteiger partial charge in [0.1, 0.15) is 18.1 Å². The van der Waals surface area contributed by atoms with Gasteiger partial charge in [-0.15, -0.1) is 0 Å². The molecule has 0 saturated heterocycles. The Labute approximate surface area is 229 Å². The molecule has 3 aromatic carbocycles. The maximum absolute atomic E-state index is 10.5. The van der Waals surface area contributed by atoms with E-state index in [1.54, 1.807) is 7.11 Å². The highest BCUT2D eigenvalue weighted by atomic mass is 16.5. The quantitative estimate of drug-likeness (QED) is 0.164. The molecule has 3 rings (SSSR count). The second kappa shape index (κ2) is 21.9. The summed E-state index contributed by atoms with van der Waals surface area (Å²) in [6, 6.07) is 24.7. The first-order valence-corrected chi connectivity index (χ1v) is 12.3. The van der Waals surface area contributed by atoms with Crippen LogP contribution in [0.2, 0.25) is 0 Å². The topological polar surface area (TPSA) is 205 Å². The molecule has 3 aromatic rings. The monoisotopic (exact) mass is 540 g/mol. The second-order valence-corrected chi connectivity index (χ2v) is 7.95. The van der Waals surface area contributed by atoms with Gasteiger partial charge in [0.05, 0.1) is 13.7 Å². The van der Waals surface area contributed by atoms with Crippen LogP contribution >= 0.6 is 0 Å². The van der Waals surface area contributed by atoms with Crippen LogP contribution < -0.4 is 27.7 Å². The van der Waals surface area contributed by atoms with E-state index in [0.29, 0.717) is 25.1 Å². The van der Waals surface area contributed by atoms with Gasteiger partial charge in [-0.3, -0.25) is 14.4 Å². The number of methoxy groups -OCH3 is 1. The van der Waals surface area contributed by atoms with Gasteiger partial charge in [0.15, 0.2) is 0 Å². The fourth-order valence-electron chi connectivity index (χ4n) is 2.89. The molecular weight excluding hydrogens is 500 g/mol. The number of nitrogens with two attached hydrogens (primary N) is 4. The average Bonchev–Trinajstić information content (AvgIpc) is 2.98. The summed E-state index contributed by atoms with van der Waals surface area (Å²) in [5.41, 5.74) is 24.5. The average molecular weight is 541 g/mol. The number of ether oxygens (including phenoxy) is 1. The number of hydrogen-bond acceptors (Lipinski definition) is 8. The second-order valence-electron chi connectivity index (χ2n) is 7.95. The van der Waals surface area contributed by atoms with Crippen LogP contribution in [0.3, 0.4) is 0 Å². The summed E-state index contributed by atoms with van der Waals surface area (Å²) < 4.78 is 5.06. The lowest BCUT2D eigenvalue weighted by Gasteiger charge is -2.03. The largest absolute Gasteiger partial charge is 0.496 e. The molecule has 0 unspecified atom stereocenters. The lowest BCUT2D eigenvalue weighted by atomic mass is 10.0. The normalized spacial score (nSPS) is 10.2. The molecule has 0 aliphatic heterocycles. The Morgan fingerprint density at radius 3 is 1.82 bits per heavy atom. The Kier molecular flexibility index (Phi) is 19.6. The number of carboxylic acids is 2. The first kappa shape index (κ1) is 34.9. The van der Waals surface area contributed by atoms with E-state index in [4.69, 9.17) is 32.2 Å². The molecule has 10 N–H and O–H groups in total. The highest BCUT2D eigenvalue weighted by molar-refractivity contribution is 5.76. The summed E-state index contributed by atoms with van der Waals surface area (Å²) in [7, 11) is 1.65. The van der Waals surface area contributed by atoms with Crippen LogP contribution in [0.5, 0.6) is 5.75 Å². The lowest BCUT2D eigenvalue weighted by Crippen LogP contribution is -2.29. The Bertz CT molecular complexity index is 1060. The molecule has 0 bridgehead atoms. The van der Waals surface area contributed by atoms with Crippen LogP contribution in [-0.2, 0) is 16.1 Å². The molecule has 0 aliphatic carbocycles. The number of para-hydroxylation sites is 1. The highest BCUT2D eigenvalue weighted by Crippen LogP contribution is 2.18. The maximum atomic E-state index is 10.5. The number of aldehydes is 1. The van der Waals surface area contributed by atoms with Crippen molar-refractivity contribution in [2.75, 3.05) is 20.2 Å². The summed E-state index contributed by atoms with van der Waals surface area (Å²) in [6.07, 6.45) is 3.02. The molecule has 212 valence electrons. The molecule has 10 heteroatoms. The van der Waals surface area contributed by atoms with E-state index in [1.807, 2.05) is 66.7 Å². The number of unbranched alkanes of at least 4 members (excludes halogenated alkanes) is 1. The predicted molar refractivity (Wildman–Crippen MR) is 153 cm³/mol. The van der Waals surface area contributed by atoms with E-state index < -0.39 is 18.0 Å². The minimum absolute atomic E-state index is 0.278. The predicted octanol–water partition coefficient (Wildman–Crippen LogP) is 2.88. The first-order chi connectivity index (χ1) is 18.7. The molecule has 0 fully saturated rings. The highest BCUT2D eigenvalue weighted by Gasteiger charge is 2.09. The molecule has 0 amide bonds. The van der Waals surface area contributed by atoms with Crippen LogP contribution in [0.15, 0.2) is 78.9 Å². The summed E-state index contributed by atoms with van der Waals surface area (Å²) >= 11 is 0. The van der Waals surface area contributed by atoms with Crippen molar-refractivity contribution in [3.63, 3.8) is 0 Å². The lowest BCUT2D eigenvalue weighted by molar-refractivity contribution is -0.138. The molecule has 39 heavy (non-hydrogen) atoms. The van der Waals surface area contributed by atoms with Crippen molar-refractivity contribution in [2.45, 2.75) is 31.8 Å². The molecule has 0 spiro atoms. The van der Waals surface area contributed by atoms with Gasteiger partial charge >= 0.3 is 11.9 Å². The smallest absolute Gasteiger partial charge is 0.320 e. The van der Waals surface area contributed by atoms with Crippen molar-refractivity contribution in [2.24, 2.45) is 22.9 Å².